The van der Waals surface area contributed by atoms with Crippen LogP contribution in [0.15, 0.2) is 24.3 Å². The van der Waals surface area contributed by atoms with E-state index in [4.69, 9.17) is 4.74 Å². The molecule has 3 N–H and O–H groups in total. The summed E-state index contributed by atoms with van der Waals surface area (Å²) >= 11 is 0. The van der Waals surface area contributed by atoms with Gasteiger partial charge in [-0.1, -0.05) is 24.3 Å². The number of quaternary nitrogens is 1. The predicted octanol–water partition coefficient (Wildman–Crippen LogP) is -0.862. The van der Waals surface area contributed by atoms with E-state index in [1.54, 1.807) is 12.2 Å². The Morgan fingerprint density at radius 1 is 1.32 bits per heavy atom. The van der Waals surface area contributed by atoms with Gasteiger partial charge in [0.15, 0.2) is 0 Å². The van der Waals surface area contributed by atoms with Crippen molar-refractivity contribution in [1.82, 2.24) is 4.90 Å². The largest absolute Gasteiger partial charge is 0.461 e. The van der Waals surface area contributed by atoms with Gasteiger partial charge in [-0.15, -0.1) is 0 Å². The summed E-state index contributed by atoms with van der Waals surface area (Å²) in [5.41, 5.74) is 0.356. The number of imide groups is 1. The molecule has 0 unspecified atom stereocenters. The number of rotatable bonds is 4. The first-order chi connectivity index (χ1) is 11.9. The quantitative estimate of drug-likeness (QED) is 0.545. The maximum atomic E-state index is 12.7. The van der Waals surface area contributed by atoms with Crippen LogP contribution in [0.3, 0.4) is 0 Å². The van der Waals surface area contributed by atoms with E-state index in [1.807, 2.05) is 31.2 Å². The minimum atomic E-state index is -1.49. The number of aryl methyl sites for hydroxylation is 1. The van der Waals surface area contributed by atoms with Crippen LogP contribution in [-0.2, 0) is 19.1 Å². The molecule has 2 heterocycles. The second kappa shape index (κ2) is 6.24. The lowest BCUT2D eigenvalue weighted by molar-refractivity contribution is -0.735. The molecule has 3 rings (SSSR count). The second-order valence-corrected chi connectivity index (χ2v) is 6.71. The second-order valence-electron chi connectivity index (χ2n) is 6.71. The van der Waals surface area contributed by atoms with E-state index >= 15 is 0 Å². The number of aliphatic hydroxyl groups excluding tert-OH is 1. The van der Waals surface area contributed by atoms with Gasteiger partial charge in [-0.3, -0.25) is 14.5 Å². The van der Waals surface area contributed by atoms with E-state index in [0.717, 1.165) is 16.0 Å². The molecule has 2 aliphatic heterocycles. The Morgan fingerprint density at radius 3 is 2.60 bits per heavy atom. The van der Waals surface area contributed by atoms with Crippen molar-refractivity contribution >= 4 is 17.8 Å². The van der Waals surface area contributed by atoms with Gasteiger partial charge in [-0.2, -0.15) is 0 Å². The average molecular weight is 347 g/mol. The number of esters is 1. The summed E-state index contributed by atoms with van der Waals surface area (Å²) in [6, 6.07) is 7.14. The SMILES string of the molecule is CCOC(=O)[C@@]1(CO)[NH2+][C@@H](c2ccccc2C)[C@H]2C(=O)N(C)C(=O)[C@H]21. The summed E-state index contributed by atoms with van der Waals surface area (Å²) in [5.74, 6) is -3.04. The lowest BCUT2D eigenvalue weighted by Gasteiger charge is -2.27. The van der Waals surface area contributed by atoms with Gasteiger partial charge in [0.2, 0.25) is 17.4 Å². The topological polar surface area (TPSA) is 101 Å². The van der Waals surface area contributed by atoms with Crippen molar-refractivity contribution in [2.75, 3.05) is 20.3 Å². The van der Waals surface area contributed by atoms with Crippen LogP contribution in [0.1, 0.15) is 24.1 Å². The number of ether oxygens (including phenoxy) is 1. The van der Waals surface area contributed by atoms with Crippen LogP contribution in [-0.4, -0.2) is 53.6 Å². The molecule has 4 atom stereocenters. The van der Waals surface area contributed by atoms with E-state index < -0.39 is 41.9 Å². The van der Waals surface area contributed by atoms with Gasteiger partial charge in [-0.05, 0) is 19.4 Å². The third-order valence-corrected chi connectivity index (χ3v) is 5.45. The zero-order chi connectivity index (χ0) is 18.4. The molecule has 1 aromatic carbocycles. The van der Waals surface area contributed by atoms with Gasteiger partial charge in [0, 0.05) is 12.6 Å². The first-order valence-corrected chi connectivity index (χ1v) is 8.40. The number of amides is 2. The highest BCUT2D eigenvalue weighted by Gasteiger charge is 2.72. The van der Waals surface area contributed by atoms with Crippen molar-refractivity contribution in [2.24, 2.45) is 11.8 Å². The van der Waals surface area contributed by atoms with Crippen molar-refractivity contribution in [1.29, 1.82) is 0 Å². The zero-order valence-corrected chi connectivity index (χ0v) is 14.6. The Hall–Kier alpha value is -2.25. The van der Waals surface area contributed by atoms with E-state index in [-0.39, 0.29) is 12.5 Å². The molecule has 7 heteroatoms. The normalized spacial score (nSPS) is 31.4. The predicted molar refractivity (Wildman–Crippen MR) is 87.1 cm³/mol. The maximum absolute atomic E-state index is 12.7. The van der Waals surface area contributed by atoms with E-state index in [2.05, 4.69) is 0 Å². The van der Waals surface area contributed by atoms with Crippen LogP contribution in [0.4, 0.5) is 0 Å². The van der Waals surface area contributed by atoms with Gasteiger partial charge < -0.3 is 15.2 Å². The molecule has 2 amide bonds. The summed E-state index contributed by atoms with van der Waals surface area (Å²) < 4.78 is 5.15. The standard InChI is InChI=1S/C18H22N2O5/c1-4-25-17(24)18(9-21)13-12(15(22)20(3)16(13)23)14(19-18)11-8-6-5-7-10(11)2/h5-8,12-14,19,21H,4,9H2,1-3H3/p+1/t12-,13-,14-,18-/m0/s1. The molecule has 2 fully saturated rings. The highest BCUT2D eigenvalue weighted by Crippen LogP contribution is 2.44. The summed E-state index contributed by atoms with van der Waals surface area (Å²) in [7, 11) is 1.42. The number of carbonyl (C=O) groups excluding carboxylic acids is 3. The lowest BCUT2D eigenvalue weighted by atomic mass is 9.79. The fourth-order valence-corrected chi connectivity index (χ4v) is 4.19. The van der Waals surface area contributed by atoms with Crippen LogP contribution in [0.25, 0.3) is 0 Å². The molecule has 0 spiro atoms. The molecule has 134 valence electrons. The smallest absolute Gasteiger partial charge is 0.371 e. The molecule has 0 aromatic heterocycles. The molecule has 0 aliphatic carbocycles. The number of nitrogens with two attached hydrogens (primary N) is 1. The molecule has 0 radical (unpaired) electrons. The van der Waals surface area contributed by atoms with E-state index in [9.17, 15) is 19.5 Å². The van der Waals surface area contributed by atoms with Gasteiger partial charge >= 0.3 is 5.97 Å². The lowest BCUT2D eigenvalue weighted by Crippen LogP contribution is -2.99. The van der Waals surface area contributed by atoms with Crippen LogP contribution in [0.5, 0.6) is 0 Å². The number of likely N-dealkylation sites (tertiary alicyclic amines) is 1. The van der Waals surface area contributed by atoms with Gasteiger partial charge in [0.05, 0.1) is 6.61 Å². The van der Waals surface area contributed by atoms with Crippen molar-refractivity contribution in [3.05, 3.63) is 35.4 Å². The third-order valence-electron chi connectivity index (χ3n) is 5.45. The first-order valence-electron chi connectivity index (χ1n) is 8.40. The number of fused-ring (bicyclic) bond motifs is 1. The van der Waals surface area contributed by atoms with Crippen LogP contribution in [0.2, 0.25) is 0 Å². The molecule has 0 saturated carbocycles. The molecule has 2 saturated heterocycles. The Morgan fingerprint density at radius 2 is 2.00 bits per heavy atom. The summed E-state index contributed by atoms with van der Waals surface area (Å²) in [4.78, 5) is 39.2. The maximum Gasteiger partial charge on any atom is 0.371 e. The number of aliphatic hydroxyl groups is 1. The van der Waals surface area contributed by atoms with Crippen LogP contribution < -0.4 is 5.32 Å². The van der Waals surface area contributed by atoms with Gasteiger partial charge in [0.1, 0.15) is 24.5 Å². The zero-order valence-electron chi connectivity index (χ0n) is 14.6. The highest BCUT2D eigenvalue weighted by molar-refractivity contribution is 6.08. The van der Waals surface area contributed by atoms with Gasteiger partial charge in [-0.25, -0.2) is 4.79 Å². The highest BCUT2D eigenvalue weighted by atomic mass is 16.5. The Bertz CT molecular complexity index is 734. The fraction of sp³-hybridized carbons (Fsp3) is 0.500. The number of hydrogen-bond donors (Lipinski definition) is 2. The van der Waals surface area contributed by atoms with Crippen molar-refractivity contribution in [3.8, 4) is 0 Å². The Labute approximate surface area is 146 Å². The van der Waals surface area contributed by atoms with Crippen molar-refractivity contribution in [3.63, 3.8) is 0 Å². The van der Waals surface area contributed by atoms with E-state index in [0.29, 0.717) is 0 Å². The first kappa shape index (κ1) is 17.6. The summed E-state index contributed by atoms with van der Waals surface area (Å²) in [6.45, 7) is 3.16. The third kappa shape index (κ3) is 2.38. The molecule has 25 heavy (non-hydrogen) atoms. The molecular weight excluding hydrogens is 324 g/mol. The summed E-state index contributed by atoms with van der Waals surface area (Å²) in [5, 5.41) is 11.7. The number of hydrogen-bond acceptors (Lipinski definition) is 5. The number of carbonyl (C=O) groups is 3. The number of nitrogens with zero attached hydrogens (tertiary/aromatic N) is 1. The molecule has 1 aromatic rings. The van der Waals surface area contributed by atoms with Crippen molar-refractivity contribution in [2.45, 2.75) is 25.4 Å². The minimum Gasteiger partial charge on any atom is -0.461 e. The van der Waals surface area contributed by atoms with Crippen molar-refractivity contribution < 1.29 is 29.5 Å². The van der Waals surface area contributed by atoms with Crippen LogP contribution >= 0.6 is 0 Å². The molecule has 2 aliphatic rings. The monoisotopic (exact) mass is 347 g/mol. The average Bonchev–Trinajstić information content (AvgIpc) is 3.06. The van der Waals surface area contributed by atoms with Crippen LogP contribution in [0, 0.1) is 18.8 Å². The number of benzene rings is 1. The molecule has 0 bridgehead atoms. The Balaban J connectivity index is 2.14. The molecular formula is C18H23N2O5+. The summed E-state index contributed by atoms with van der Waals surface area (Å²) in [6.07, 6.45) is 0. The van der Waals surface area contributed by atoms with Gasteiger partial charge in [0.25, 0.3) is 0 Å². The Kier molecular flexibility index (Phi) is 4.38. The molecule has 7 nitrogen and oxygen atoms in total. The fourth-order valence-electron chi connectivity index (χ4n) is 4.19. The van der Waals surface area contributed by atoms with E-state index in [1.165, 1.54) is 7.05 Å². The minimum absolute atomic E-state index is 0.138.